The largest absolute Gasteiger partial charge is 0.495 e. The molecule has 1 aromatic rings. The number of rotatable bonds is 2. The van der Waals surface area contributed by atoms with Gasteiger partial charge in [-0.05, 0) is 24.1 Å². The summed E-state index contributed by atoms with van der Waals surface area (Å²) in [5.74, 6) is 0.692. The minimum absolute atomic E-state index is 0.632. The molecule has 1 rings (SSSR count). The Morgan fingerprint density at radius 2 is 2.17 bits per heavy atom. The quantitative estimate of drug-likeness (QED) is 0.682. The number of ether oxygens (including phenoxy) is 1. The Bertz CT molecular complexity index is 305. The standard InChI is InChI=1S/C10H11ClO/c1-7(2)8-5-4-6-9(12-3)10(8)11/h4-6H,1H2,2-3H3. The van der Waals surface area contributed by atoms with E-state index in [0.29, 0.717) is 10.8 Å². The molecule has 0 saturated heterocycles. The maximum absolute atomic E-state index is 6.02. The molecular weight excluding hydrogens is 172 g/mol. The monoisotopic (exact) mass is 182 g/mol. The van der Waals surface area contributed by atoms with Crippen molar-refractivity contribution in [3.8, 4) is 5.75 Å². The molecule has 0 aliphatic carbocycles. The van der Waals surface area contributed by atoms with Crippen molar-refractivity contribution < 1.29 is 4.74 Å². The van der Waals surface area contributed by atoms with Gasteiger partial charge in [0, 0.05) is 0 Å². The Hall–Kier alpha value is -0.950. The van der Waals surface area contributed by atoms with Crippen LogP contribution in [-0.4, -0.2) is 7.11 Å². The molecule has 12 heavy (non-hydrogen) atoms. The molecule has 0 atom stereocenters. The van der Waals surface area contributed by atoms with Crippen LogP contribution in [0.5, 0.6) is 5.75 Å². The molecule has 1 nitrogen and oxygen atoms in total. The van der Waals surface area contributed by atoms with Gasteiger partial charge in [-0.25, -0.2) is 0 Å². The molecule has 0 fully saturated rings. The van der Waals surface area contributed by atoms with E-state index in [1.807, 2.05) is 25.1 Å². The minimum Gasteiger partial charge on any atom is -0.495 e. The molecule has 0 amide bonds. The maximum Gasteiger partial charge on any atom is 0.138 e. The number of benzene rings is 1. The highest BCUT2D eigenvalue weighted by atomic mass is 35.5. The van der Waals surface area contributed by atoms with Gasteiger partial charge in [0.2, 0.25) is 0 Å². The van der Waals surface area contributed by atoms with Gasteiger partial charge in [0.25, 0.3) is 0 Å². The molecule has 1 aromatic carbocycles. The van der Waals surface area contributed by atoms with E-state index >= 15 is 0 Å². The number of methoxy groups -OCH3 is 1. The van der Waals surface area contributed by atoms with Crippen molar-refractivity contribution in [1.29, 1.82) is 0 Å². The fourth-order valence-electron chi connectivity index (χ4n) is 0.998. The van der Waals surface area contributed by atoms with E-state index in [-0.39, 0.29) is 0 Å². The first-order valence-corrected chi connectivity index (χ1v) is 4.03. The lowest BCUT2D eigenvalue weighted by Crippen LogP contribution is -1.87. The highest BCUT2D eigenvalue weighted by molar-refractivity contribution is 6.33. The van der Waals surface area contributed by atoms with Crippen LogP contribution < -0.4 is 4.74 Å². The van der Waals surface area contributed by atoms with E-state index < -0.39 is 0 Å². The van der Waals surface area contributed by atoms with Crippen LogP contribution in [0.15, 0.2) is 24.8 Å². The second-order valence-corrected chi connectivity index (χ2v) is 2.98. The predicted molar refractivity (Wildman–Crippen MR) is 52.7 cm³/mol. The first-order chi connectivity index (χ1) is 5.66. The summed E-state index contributed by atoms with van der Waals surface area (Å²) >= 11 is 6.02. The molecule has 0 unspecified atom stereocenters. The van der Waals surface area contributed by atoms with Crippen molar-refractivity contribution in [1.82, 2.24) is 0 Å². The van der Waals surface area contributed by atoms with Crippen LogP contribution in [-0.2, 0) is 0 Å². The summed E-state index contributed by atoms with van der Waals surface area (Å²) in [7, 11) is 1.60. The second kappa shape index (κ2) is 3.63. The predicted octanol–water partition coefficient (Wildman–Crippen LogP) is 3.38. The van der Waals surface area contributed by atoms with E-state index in [0.717, 1.165) is 11.1 Å². The molecule has 2 heteroatoms. The minimum atomic E-state index is 0.632. The molecule has 0 heterocycles. The summed E-state index contributed by atoms with van der Waals surface area (Å²) in [6, 6.07) is 5.65. The van der Waals surface area contributed by atoms with Crippen molar-refractivity contribution in [3.05, 3.63) is 35.4 Å². The SMILES string of the molecule is C=C(C)c1cccc(OC)c1Cl. The Morgan fingerprint density at radius 3 is 2.67 bits per heavy atom. The van der Waals surface area contributed by atoms with Crippen LogP contribution in [0.4, 0.5) is 0 Å². The van der Waals surface area contributed by atoms with Gasteiger partial charge in [0.15, 0.2) is 0 Å². The first kappa shape index (κ1) is 9.14. The van der Waals surface area contributed by atoms with Crippen LogP contribution in [0.2, 0.25) is 5.02 Å². The van der Waals surface area contributed by atoms with Gasteiger partial charge in [0.1, 0.15) is 5.75 Å². The average Bonchev–Trinajstić information content (AvgIpc) is 2.04. The fourth-order valence-corrected chi connectivity index (χ4v) is 1.36. The maximum atomic E-state index is 6.02. The number of hydrogen-bond acceptors (Lipinski definition) is 1. The fraction of sp³-hybridized carbons (Fsp3) is 0.200. The van der Waals surface area contributed by atoms with Crippen molar-refractivity contribution in [2.45, 2.75) is 6.92 Å². The molecule has 0 aromatic heterocycles. The summed E-state index contributed by atoms with van der Waals surface area (Å²) in [5, 5.41) is 0.632. The van der Waals surface area contributed by atoms with Crippen LogP contribution in [0, 0.1) is 0 Å². The van der Waals surface area contributed by atoms with E-state index in [1.54, 1.807) is 7.11 Å². The third kappa shape index (κ3) is 1.62. The van der Waals surface area contributed by atoms with Gasteiger partial charge >= 0.3 is 0 Å². The van der Waals surface area contributed by atoms with E-state index in [1.165, 1.54) is 0 Å². The topological polar surface area (TPSA) is 9.23 Å². The lowest BCUT2D eigenvalue weighted by Gasteiger charge is -2.07. The second-order valence-electron chi connectivity index (χ2n) is 2.60. The molecule has 64 valence electrons. The zero-order valence-electron chi connectivity index (χ0n) is 7.23. The van der Waals surface area contributed by atoms with Crippen LogP contribution in [0.3, 0.4) is 0 Å². The zero-order chi connectivity index (χ0) is 9.14. The highest BCUT2D eigenvalue weighted by Gasteiger charge is 2.05. The summed E-state index contributed by atoms with van der Waals surface area (Å²) in [6.45, 7) is 5.74. The first-order valence-electron chi connectivity index (χ1n) is 3.65. The summed E-state index contributed by atoms with van der Waals surface area (Å²) in [5.41, 5.74) is 1.88. The molecule has 0 aliphatic rings. The van der Waals surface area contributed by atoms with Crippen LogP contribution >= 0.6 is 11.6 Å². The van der Waals surface area contributed by atoms with Crippen molar-refractivity contribution in [2.75, 3.05) is 7.11 Å². The Balaban J connectivity index is 3.23. The normalized spacial score (nSPS) is 9.58. The average molecular weight is 183 g/mol. The molecule has 0 aliphatic heterocycles. The summed E-state index contributed by atoms with van der Waals surface area (Å²) < 4.78 is 5.06. The zero-order valence-corrected chi connectivity index (χ0v) is 7.98. The number of halogens is 1. The Labute approximate surface area is 77.6 Å². The lowest BCUT2D eigenvalue weighted by molar-refractivity contribution is 0.415. The molecule has 0 N–H and O–H groups in total. The van der Waals surface area contributed by atoms with Gasteiger partial charge < -0.3 is 4.74 Å². The molecule has 0 saturated carbocycles. The Kier molecular flexibility index (Phi) is 2.77. The van der Waals surface area contributed by atoms with Crippen molar-refractivity contribution in [3.63, 3.8) is 0 Å². The van der Waals surface area contributed by atoms with E-state index in [9.17, 15) is 0 Å². The smallest absolute Gasteiger partial charge is 0.138 e. The third-order valence-corrected chi connectivity index (χ3v) is 2.03. The van der Waals surface area contributed by atoms with E-state index in [4.69, 9.17) is 16.3 Å². The van der Waals surface area contributed by atoms with Crippen molar-refractivity contribution >= 4 is 17.2 Å². The molecule has 0 radical (unpaired) electrons. The number of hydrogen-bond donors (Lipinski definition) is 0. The van der Waals surface area contributed by atoms with Gasteiger partial charge in [-0.2, -0.15) is 0 Å². The van der Waals surface area contributed by atoms with Crippen LogP contribution in [0.25, 0.3) is 5.57 Å². The van der Waals surface area contributed by atoms with Crippen molar-refractivity contribution in [2.24, 2.45) is 0 Å². The van der Waals surface area contributed by atoms with Gasteiger partial charge in [-0.3, -0.25) is 0 Å². The number of allylic oxidation sites excluding steroid dienone is 1. The summed E-state index contributed by atoms with van der Waals surface area (Å²) in [6.07, 6.45) is 0. The van der Waals surface area contributed by atoms with Gasteiger partial charge in [-0.1, -0.05) is 30.3 Å². The van der Waals surface area contributed by atoms with Gasteiger partial charge in [0.05, 0.1) is 12.1 Å². The molecule has 0 spiro atoms. The van der Waals surface area contributed by atoms with E-state index in [2.05, 4.69) is 6.58 Å². The van der Waals surface area contributed by atoms with Crippen LogP contribution in [0.1, 0.15) is 12.5 Å². The highest BCUT2D eigenvalue weighted by Crippen LogP contribution is 2.31. The summed E-state index contributed by atoms with van der Waals surface area (Å²) in [4.78, 5) is 0. The Morgan fingerprint density at radius 1 is 1.50 bits per heavy atom. The van der Waals surface area contributed by atoms with Gasteiger partial charge in [-0.15, -0.1) is 0 Å². The molecule has 0 bridgehead atoms. The lowest BCUT2D eigenvalue weighted by atomic mass is 10.1. The molecular formula is C10H11ClO. The third-order valence-electron chi connectivity index (χ3n) is 1.64.